The second kappa shape index (κ2) is 6.38. The van der Waals surface area contributed by atoms with E-state index in [0.717, 1.165) is 42.3 Å². The number of hydrogen-bond donors (Lipinski definition) is 2. The Morgan fingerprint density at radius 3 is 2.63 bits per heavy atom. The number of aromatic nitrogens is 2. The first-order valence-corrected chi connectivity index (χ1v) is 6.74. The number of unbranched alkanes of at least 4 members (excludes halogenated alkanes) is 1. The molecule has 1 heterocycles. The van der Waals surface area contributed by atoms with Crippen molar-refractivity contribution in [3.8, 4) is 17.1 Å². The van der Waals surface area contributed by atoms with Gasteiger partial charge in [0.1, 0.15) is 11.6 Å². The van der Waals surface area contributed by atoms with Gasteiger partial charge in [-0.3, -0.25) is 0 Å². The maximum atomic E-state index is 5.81. The molecule has 1 atom stereocenters. The summed E-state index contributed by atoms with van der Waals surface area (Å²) >= 11 is 0. The molecule has 102 valence electrons. The van der Waals surface area contributed by atoms with Crippen LogP contribution in [0.4, 0.5) is 0 Å². The van der Waals surface area contributed by atoms with E-state index >= 15 is 0 Å². The van der Waals surface area contributed by atoms with Crippen LogP contribution in [0.1, 0.15) is 38.4 Å². The Hall–Kier alpha value is -1.81. The van der Waals surface area contributed by atoms with Crippen molar-refractivity contribution in [1.29, 1.82) is 0 Å². The fourth-order valence-electron chi connectivity index (χ4n) is 1.76. The van der Waals surface area contributed by atoms with E-state index in [1.807, 2.05) is 31.2 Å². The summed E-state index contributed by atoms with van der Waals surface area (Å²) in [6.45, 7) is 4.85. The highest BCUT2D eigenvalue weighted by molar-refractivity contribution is 5.56. The van der Waals surface area contributed by atoms with Crippen molar-refractivity contribution in [3.63, 3.8) is 0 Å². The molecule has 1 aromatic heterocycles. The number of hydrogen-bond acceptors (Lipinski definition) is 3. The Morgan fingerprint density at radius 2 is 2.05 bits per heavy atom. The summed E-state index contributed by atoms with van der Waals surface area (Å²) in [6, 6.07) is 7.92. The van der Waals surface area contributed by atoms with Crippen molar-refractivity contribution in [2.45, 2.75) is 32.7 Å². The topological polar surface area (TPSA) is 63.9 Å². The highest BCUT2D eigenvalue weighted by Crippen LogP contribution is 2.21. The van der Waals surface area contributed by atoms with Gasteiger partial charge in [-0.1, -0.05) is 13.3 Å². The SMILES string of the molecule is CCCCOc1ccc(-c2ncc(C(C)N)[nH]2)cc1. The third-order valence-corrected chi connectivity index (χ3v) is 2.98. The maximum Gasteiger partial charge on any atom is 0.137 e. The molecule has 3 N–H and O–H groups in total. The summed E-state index contributed by atoms with van der Waals surface area (Å²) < 4.78 is 5.63. The molecular weight excluding hydrogens is 238 g/mol. The summed E-state index contributed by atoms with van der Waals surface area (Å²) in [5.74, 6) is 1.74. The summed E-state index contributed by atoms with van der Waals surface area (Å²) in [7, 11) is 0. The number of nitrogens with one attached hydrogen (secondary N) is 1. The van der Waals surface area contributed by atoms with Gasteiger partial charge in [0.2, 0.25) is 0 Å². The Bertz CT molecular complexity index is 502. The molecular formula is C15H21N3O. The van der Waals surface area contributed by atoms with E-state index in [9.17, 15) is 0 Å². The fourth-order valence-corrected chi connectivity index (χ4v) is 1.76. The van der Waals surface area contributed by atoms with Gasteiger partial charge in [0.25, 0.3) is 0 Å². The average molecular weight is 259 g/mol. The summed E-state index contributed by atoms with van der Waals surface area (Å²) in [5, 5.41) is 0. The van der Waals surface area contributed by atoms with Crippen LogP contribution in [0.2, 0.25) is 0 Å². The Morgan fingerprint density at radius 1 is 1.32 bits per heavy atom. The van der Waals surface area contributed by atoms with Crippen LogP contribution in [-0.2, 0) is 0 Å². The molecule has 0 radical (unpaired) electrons. The number of ether oxygens (including phenoxy) is 1. The lowest BCUT2D eigenvalue weighted by molar-refractivity contribution is 0.309. The lowest BCUT2D eigenvalue weighted by atomic mass is 10.2. The molecule has 0 amide bonds. The molecule has 2 rings (SSSR count). The van der Waals surface area contributed by atoms with Crippen LogP contribution in [0.3, 0.4) is 0 Å². The van der Waals surface area contributed by atoms with Gasteiger partial charge in [-0.15, -0.1) is 0 Å². The van der Waals surface area contributed by atoms with Gasteiger partial charge in [0, 0.05) is 11.6 Å². The van der Waals surface area contributed by atoms with E-state index < -0.39 is 0 Å². The quantitative estimate of drug-likeness (QED) is 0.782. The van der Waals surface area contributed by atoms with Crippen molar-refractivity contribution in [2.24, 2.45) is 5.73 Å². The zero-order valence-corrected chi connectivity index (χ0v) is 11.5. The van der Waals surface area contributed by atoms with Crippen LogP contribution in [0.5, 0.6) is 5.75 Å². The third kappa shape index (κ3) is 3.58. The van der Waals surface area contributed by atoms with Crippen LogP contribution in [-0.4, -0.2) is 16.6 Å². The van der Waals surface area contributed by atoms with Crippen LogP contribution in [0.25, 0.3) is 11.4 Å². The molecule has 0 aliphatic heterocycles. The molecule has 0 spiro atoms. The van der Waals surface area contributed by atoms with E-state index in [-0.39, 0.29) is 6.04 Å². The summed E-state index contributed by atoms with van der Waals surface area (Å²) in [5.41, 5.74) is 7.79. The molecule has 0 bridgehead atoms. The zero-order valence-electron chi connectivity index (χ0n) is 11.5. The van der Waals surface area contributed by atoms with Crippen molar-refractivity contribution >= 4 is 0 Å². The van der Waals surface area contributed by atoms with Gasteiger partial charge in [0.15, 0.2) is 0 Å². The molecule has 1 unspecified atom stereocenters. The molecule has 0 aliphatic rings. The van der Waals surface area contributed by atoms with E-state index in [0.29, 0.717) is 0 Å². The van der Waals surface area contributed by atoms with Gasteiger partial charge < -0.3 is 15.5 Å². The Balaban J connectivity index is 2.04. The molecule has 4 nitrogen and oxygen atoms in total. The van der Waals surface area contributed by atoms with Gasteiger partial charge in [-0.05, 0) is 37.6 Å². The second-order valence-electron chi connectivity index (χ2n) is 4.70. The normalized spacial score (nSPS) is 12.4. The van der Waals surface area contributed by atoms with E-state index in [1.165, 1.54) is 0 Å². The van der Waals surface area contributed by atoms with Gasteiger partial charge in [-0.2, -0.15) is 0 Å². The van der Waals surface area contributed by atoms with Gasteiger partial charge >= 0.3 is 0 Å². The molecule has 4 heteroatoms. The van der Waals surface area contributed by atoms with Crippen LogP contribution >= 0.6 is 0 Å². The van der Waals surface area contributed by atoms with Crippen LogP contribution in [0.15, 0.2) is 30.5 Å². The molecule has 0 aliphatic carbocycles. The minimum absolute atomic E-state index is 0.0297. The minimum Gasteiger partial charge on any atom is -0.494 e. The third-order valence-electron chi connectivity index (χ3n) is 2.98. The van der Waals surface area contributed by atoms with E-state index in [4.69, 9.17) is 10.5 Å². The summed E-state index contributed by atoms with van der Waals surface area (Å²) in [6.07, 6.45) is 4.01. The zero-order chi connectivity index (χ0) is 13.7. The van der Waals surface area contributed by atoms with E-state index in [1.54, 1.807) is 6.20 Å². The molecule has 2 aromatic rings. The first kappa shape index (κ1) is 13.6. The number of aromatic amines is 1. The minimum atomic E-state index is -0.0297. The molecule has 1 aromatic carbocycles. The van der Waals surface area contributed by atoms with Crippen LogP contribution in [0, 0.1) is 0 Å². The van der Waals surface area contributed by atoms with Crippen molar-refractivity contribution in [3.05, 3.63) is 36.2 Å². The number of benzene rings is 1. The van der Waals surface area contributed by atoms with Crippen molar-refractivity contribution < 1.29 is 4.74 Å². The lowest BCUT2D eigenvalue weighted by Gasteiger charge is -2.05. The van der Waals surface area contributed by atoms with Crippen molar-refractivity contribution in [2.75, 3.05) is 6.61 Å². The predicted octanol–water partition coefficient (Wildman–Crippen LogP) is 3.28. The summed E-state index contributed by atoms with van der Waals surface area (Å²) in [4.78, 5) is 7.56. The van der Waals surface area contributed by atoms with Gasteiger partial charge in [-0.25, -0.2) is 4.98 Å². The lowest BCUT2D eigenvalue weighted by Crippen LogP contribution is -2.04. The Labute approximate surface area is 114 Å². The first-order valence-electron chi connectivity index (χ1n) is 6.74. The molecule has 19 heavy (non-hydrogen) atoms. The van der Waals surface area contributed by atoms with E-state index in [2.05, 4.69) is 16.9 Å². The average Bonchev–Trinajstić information content (AvgIpc) is 2.90. The number of nitrogens with zero attached hydrogens (tertiary/aromatic N) is 1. The number of imidazole rings is 1. The molecule has 0 fully saturated rings. The largest absolute Gasteiger partial charge is 0.494 e. The smallest absolute Gasteiger partial charge is 0.137 e. The molecule has 0 saturated carbocycles. The first-order chi connectivity index (χ1) is 9.20. The maximum absolute atomic E-state index is 5.81. The molecule has 0 saturated heterocycles. The van der Waals surface area contributed by atoms with Crippen LogP contribution < -0.4 is 10.5 Å². The monoisotopic (exact) mass is 259 g/mol. The van der Waals surface area contributed by atoms with Crippen molar-refractivity contribution in [1.82, 2.24) is 9.97 Å². The standard InChI is InChI=1S/C15H21N3O/c1-3-4-9-19-13-7-5-12(6-8-13)15-17-10-14(18-15)11(2)16/h5-8,10-11H,3-4,9,16H2,1-2H3,(H,17,18). The fraction of sp³-hybridized carbons (Fsp3) is 0.400. The Kier molecular flexibility index (Phi) is 4.58. The number of H-pyrrole nitrogens is 1. The second-order valence-corrected chi connectivity index (χ2v) is 4.70. The van der Waals surface area contributed by atoms with Gasteiger partial charge in [0.05, 0.1) is 18.5 Å². The number of nitrogens with two attached hydrogens (primary N) is 1. The highest BCUT2D eigenvalue weighted by atomic mass is 16.5. The number of rotatable bonds is 6. The highest BCUT2D eigenvalue weighted by Gasteiger charge is 2.06. The predicted molar refractivity (Wildman–Crippen MR) is 77.0 cm³/mol.